The molecule has 0 fully saturated rings. The van der Waals surface area contributed by atoms with Gasteiger partial charge in [0.25, 0.3) is 15.9 Å². The molecule has 2 aromatic rings. The Kier molecular flexibility index (Phi) is 8.31. The van der Waals surface area contributed by atoms with Crippen LogP contribution < -0.4 is 13.6 Å². The van der Waals surface area contributed by atoms with Crippen molar-refractivity contribution in [2.45, 2.75) is 12.8 Å². The van der Waals surface area contributed by atoms with E-state index in [9.17, 15) is 21.6 Å². The summed E-state index contributed by atoms with van der Waals surface area (Å²) in [6, 6.07) is 9.74. The van der Waals surface area contributed by atoms with Gasteiger partial charge in [0.2, 0.25) is 16.1 Å². The molecule has 0 saturated heterocycles. The first kappa shape index (κ1) is 26.0. The molecule has 1 aliphatic heterocycles. The molecule has 0 amide bonds. The van der Waals surface area contributed by atoms with Crippen molar-refractivity contribution in [3.8, 4) is 0 Å². The number of fused-ring (bicyclic) bond motifs is 1. The van der Waals surface area contributed by atoms with E-state index >= 15 is 0 Å². The maximum Gasteiger partial charge on any atom is 0.285 e. The predicted molar refractivity (Wildman–Crippen MR) is 136 cm³/mol. The molecule has 0 aliphatic carbocycles. The average Bonchev–Trinajstić information content (AvgIpc) is 2.78. The summed E-state index contributed by atoms with van der Waals surface area (Å²) in [5, 5.41) is 0. The van der Waals surface area contributed by atoms with Crippen LogP contribution in [0, 0.1) is 0 Å². The molecule has 1 N–H and O–H groups in total. The quantitative estimate of drug-likeness (QED) is 0.239. The van der Waals surface area contributed by atoms with Crippen molar-refractivity contribution in [2.24, 2.45) is 4.99 Å². The molecule has 1 aromatic heterocycles. The summed E-state index contributed by atoms with van der Waals surface area (Å²) < 4.78 is 49.2. The number of anilines is 1. The number of hydrogen-bond donors (Lipinski definition) is 1. The number of para-hydroxylation sites is 1. The molecule has 0 atom stereocenters. The van der Waals surface area contributed by atoms with Crippen LogP contribution in [0.1, 0.15) is 18.1 Å². The molecule has 182 valence electrons. The van der Waals surface area contributed by atoms with Crippen LogP contribution in [0.4, 0.5) is 11.4 Å². The van der Waals surface area contributed by atoms with Crippen molar-refractivity contribution in [1.82, 2.24) is 4.13 Å². The Balaban J connectivity index is 1.77. The van der Waals surface area contributed by atoms with Crippen molar-refractivity contribution in [2.75, 3.05) is 17.7 Å². The fourth-order valence-electron chi connectivity index (χ4n) is 3.47. The van der Waals surface area contributed by atoms with Gasteiger partial charge in [-0.15, -0.1) is 4.13 Å². The lowest BCUT2D eigenvalue weighted by molar-refractivity contribution is -0.676. The topological polar surface area (TPSA) is 117 Å². The van der Waals surface area contributed by atoms with E-state index in [1.165, 1.54) is 23.0 Å². The Bertz CT molecular complexity index is 1480. The van der Waals surface area contributed by atoms with E-state index in [4.69, 9.17) is 0 Å². The van der Waals surface area contributed by atoms with Gasteiger partial charge in [-0.3, -0.25) is 0 Å². The van der Waals surface area contributed by atoms with E-state index < -0.39 is 25.9 Å². The largest absolute Gasteiger partial charge is 0.348 e. The number of nitrogens with one attached hydrogen (secondary N) is 1. The molecule has 0 radical (unpaired) electrons. The maximum atomic E-state index is 12.0. The lowest BCUT2D eigenvalue weighted by atomic mass is 9.99. The Morgan fingerprint density at radius 1 is 1.11 bits per heavy atom. The van der Waals surface area contributed by atoms with Gasteiger partial charge in [0.15, 0.2) is 12.4 Å². The van der Waals surface area contributed by atoms with E-state index in [1.54, 1.807) is 22.3 Å². The molecule has 0 saturated carbocycles. The average molecular weight is 514 g/mol. The molecule has 9 nitrogen and oxygen atoms in total. The van der Waals surface area contributed by atoms with Gasteiger partial charge in [-0.2, -0.15) is 9.56 Å². The second kappa shape index (κ2) is 11.2. The molecule has 35 heavy (non-hydrogen) atoms. The third-order valence-electron chi connectivity index (χ3n) is 4.87. The summed E-state index contributed by atoms with van der Waals surface area (Å²) in [6.07, 6.45) is 18.2. The zero-order valence-corrected chi connectivity index (χ0v) is 20.8. The van der Waals surface area contributed by atoms with Crippen LogP contribution >= 0.6 is 0 Å². The Morgan fingerprint density at radius 2 is 1.89 bits per heavy atom. The van der Waals surface area contributed by atoms with Crippen LogP contribution in [0.3, 0.4) is 0 Å². The smallest absolute Gasteiger partial charge is 0.285 e. The van der Waals surface area contributed by atoms with Crippen LogP contribution in [0.5, 0.6) is 0 Å². The third kappa shape index (κ3) is 7.43. The fraction of sp³-hybridized carbons (Fsp3) is 0.167. The van der Waals surface area contributed by atoms with Gasteiger partial charge in [0, 0.05) is 35.6 Å². The minimum Gasteiger partial charge on any atom is -0.348 e. The summed E-state index contributed by atoms with van der Waals surface area (Å²) in [4.78, 5) is 16.6. The number of allylic oxidation sites excluding steroid dienone is 6. The van der Waals surface area contributed by atoms with Crippen LogP contribution in [0.15, 0.2) is 84.3 Å². The van der Waals surface area contributed by atoms with E-state index in [0.717, 1.165) is 29.6 Å². The lowest BCUT2D eigenvalue weighted by Gasteiger charge is -2.26. The zero-order chi connectivity index (χ0) is 25.5. The minimum atomic E-state index is -4.16. The van der Waals surface area contributed by atoms with Crippen molar-refractivity contribution in [3.05, 3.63) is 90.4 Å². The first-order valence-electron chi connectivity index (χ1n) is 10.5. The van der Waals surface area contributed by atoms with Crippen molar-refractivity contribution in [3.63, 3.8) is 0 Å². The summed E-state index contributed by atoms with van der Waals surface area (Å²) in [7, 11) is -8.10. The number of hydrogen-bond acceptors (Lipinski definition) is 7. The highest BCUT2D eigenvalue weighted by molar-refractivity contribution is 8.03. The molecular weight excluding hydrogens is 488 g/mol. The highest BCUT2D eigenvalue weighted by atomic mass is 32.3. The molecular formula is C24H25N4O5S2+. The van der Waals surface area contributed by atoms with Crippen LogP contribution in [-0.2, 0) is 30.7 Å². The lowest BCUT2D eigenvalue weighted by Crippen LogP contribution is -2.43. The van der Waals surface area contributed by atoms with Crippen molar-refractivity contribution in [1.29, 1.82) is 0 Å². The first-order chi connectivity index (χ1) is 16.6. The van der Waals surface area contributed by atoms with Crippen molar-refractivity contribution < 1.29 is 26.2 Å². The summed E-state index contributed by atoms with van der Waals surface area (Å²) in [5.41, 5.74) is 4.10. The monoisotopic (exact) mass is 513 g/mol. The van der Waals surface area contributed by atoms with Gasteiger partial charge >= 0.3 is 0 Å². The van der Waals surface area contributed by atoms with Crippen LogP contribution in [0.2, 0.25) is 0 Å². The number of aliphatic imine (C=N–C) groups is 1. The molecule has 1 aromatic carbocycles. The zero-order valence-electron chi connectivity index (χ0n) is 19.2. The van der Waals surface area contributed by atoms with Gasteiger partial charge in [-0.1, -0.05) is 48.6 Å². The molecule has 11 heteroatoms. The molecule has 3 rings (SSSR count). The number of carbonyl (C=O) groups excluding carboxylic acids is 1. The van der Waals surface area contributed by atoms with Crippen molar-refractivity contribution >= 4 is 49.2 Å². The number of pyridine rings is 1. The number of isocyanates is 1. The highest BCUT2D eigenvalue weighted by Crippen LogP contribution is 2.32. The van der Waals surface area contributed by atoms with Gasteiger partial charge in [0.1, 0.15) is 5.69 Å². The Morgan fingerprint density at radius 3 is 2.60 bits per heavy atom. The Labute approximate surface area is 205 Å². The fourth-order valence-corrected chi connectivity index (χ4v) is 6.07. The number of nitrogens with zero attached hydrogens (tertiary/aromatic N) is 3. The van der Waals surface area contributed by atoms with Gasteiger partial charge in [-0.05, 0) is 24.6 Å². The standard InChI is InChI=1S/C24H25N4O5S2/c1-3-28-16-14-20(22-11-7-8-12-24(22)28)9-5-4-6-10-21-13-15-27(17-23(21)25-18-29)19-35(32,33)26-34(2,30)31/h4-17,26H,3,19H2,1-2H3/q+1. The maximum absolute atomic E-state index is 12.0. The van der Waals surface area contributed by atoms with Crippen LogP contribution in [0.25, 0.3) is 11.6 Å². The molecule has 2 heterocycles. The first-order valence-corrected chi connectivity index (χ1v) is 14.1. The number of sulfonamides is 2. The Hall–Kier alpha value is -3.63. The number of aromatic nitrogens is 1. The van der Waals surface area contributed by atoms with Gasteiger partial charge in [0.05, 0.1) is 6.26 Å². The van der Waals surface area contributed by atoms with Crippen LogP contribution in [-0.4, -0.2) is 35.7 Å². The highest BCUT2D eigenvalue weighted by Gasteiger charge is 2.22. The minimum absolute atomic E-state index is 0.184. The normalized spacial score (nSPS) is 15.0. The van der Waals surface area contributed by atoms with E-state index in [1.807, 2.05) is 36.6 Å². The van der Waals surface area contributed by atoms with E-state index in [-0.39, 0.29) is 5.69 Å². The van der Waals surface area contributed by atoms with Gasteiger partial charge in [-0.25, -0.2) is 21.6 Å². The van der Waals surface area contributed by atoms with Gasteiger partial charge < -0.3 is 4.90 Å². The SMILES string of the molecule is CCN1C=C/C(=C/C=C/C=C/c2cc[n+](CS(=O)(=O)NS(C)(=O)=O)cc2N=C=O)c2ccccc21. The number of benzene rings is 1. The predicted octanol–water partition coefficient (Wildman–Crippen LogP) is 2.78. The second-order valence-corrected chi connectivity index (χ2v) is 11.3. The summed E-state index contributed by atoms with van der Waals surface area (Å²) in [6.45, 7) is 2.97. The summed E-state index contributed by atoms with van der Waals surface area (Å²) >= 11 is 0. The molecule has 0 spiro atoms. The number of rotatable bonds is 9. The van der Waals surface area contributed by atoms with E-state index in [2.05, 4.69) is 35.0 Å². The van der Waals surface area contributed by atoms with E-state index in [0.29, 0.717) is 5.56 Å². The third-order valence-corrected chi connectivity index (χ3v) is 7.73. The summed E-state index contributed by atoms with van der Waals surface area (Å²) in [5.74, 6) is -0.663. The molecule has 0 unspecified atom stereocenters. The second-order valence-electron chi connectivity index (χ2n) is 7.59. The molecule has 0 bridgehead atoms. The molecule has 1 aliphatic rings.